The van der Waals surface area contributed by atoms with Gasteiger partial charge in [-0.15, -0.1) is 0 Å². The van der Waals surface area contributed by atoms with Gasteiger partial charge in [-0.3, -0.25) is 9.59 Å². The lowest BCUT2D eigenvalue weighted by Crippen LogP contribution is -2.34. The van der Waals surface area contributed by atoms with Gasteiger partial charge in [0.1, 0.15) is 11.5 Å². The van der Waals surface area contributed by atoms with E-state index in [0.29, 0.717) is 34.8 Å². The van der Waals surface area contributed by atoms with E-state index in [2.05, 4.69) is 15.8 Å². The fourth-order valence-electron chi connectivity index (χ4n) is 3.82. The first-order chi connectivity index (χ1) is 18.9. The van der Waals surface area contributed by atoms with Crippen LogP contribution in [0.4, 0.5) is 0 Å². The van der Waals surface area contributed by atoms with Gasteiger partial charge in [0.25, 0.3) is 11.8 Å². The Kier molecular flexibility index (Phi) is 9.03. The van der Waals surface area contributed by atoms with E-state index in [1.165, 1.54) is 6.21 Å². The molecule has 0 aromatic heterocycles. The average molecular weight is 524 g/mol. The van der Waals surface area contributed by atoms with Crippen molar-refractivity contribution < 1.29 is 23.9 Å². The largest absolute Gasteiger partial charge is 0.494 e. The summed E-state index contributed by atoms with van der Waals surface area (Å²) in [5.74, 6) is -0.423. The van der Waals surface area contributed by atoms with Gasteiger partial charge in [-0.25, -0.2) is 10.2 Å². The van der Waals surface area contributed by atoms with Crippen LogP contribution in [0.5, 0.6) is 11.5 Å². The first-order valence-corrected chi connectivity index (χ1v) is 12.6. The molecule has 0 saturated carbocycles. The number of benzene rings is 4. The van der Waals surface area contributed by atoms with E-state index >= 15 is 0 Å². The molecule has 0 bridgehead atoms. The second kappa shape index (κ2) is 13.0. The number of nitrogens with zero attached hydrogens (tertiary/aromatic N) is 1. The fourth-order valence-corrected chi connectivity index (χ4v) is 3.82. The third kappa shape index (κ3) is 7.29. The van der Waals surface area contributed by atoms with Crippen molar-refractivity contribution in [3.63, 3.8) is 0 Å². The maximum absolute atomic E-state index is 12.8. The lowest BCUT2D eigenvalue weighted by atomic mass is 10.0. The standard InChI is InChI=1S/C31H29N3O5/c1-3-17-38-25-14-11-23(12-15-25)30(36)32-20-29(35)34-33-19-27-26-10-5-4-8-22(26)13-16-28(27)39-31(37)24-9-6-7-21(2)18-24/h4-16,18-19H,3,17,20H2,1-2H3,(H,32,36)(H,34,35)/b33-19+. The molecular weight excluding hydrogens is 494 g/mol. The number of nitrogens with one attached hydrogen (secondary N) is 2. The molecule has 4 aromatic rings. The summed E-state index contributed by atoms with van der Waals surface area (Å²) in [6, 6.07) is 24.9. The minimum atomic E-state index is -0.513. The second-order valence-corrected chi connectivity index (χ2v) is 8.81. The summed E-state index contributed by atoms with van der Waals surface area (Å²) in [7, 11) is 0. The highest BCUT2D eigenvalue weighted by atomic mass is 16.5. The summed E-state index contributed by atoms with van der Waals surface area (Å²) < 4.78 is 11.2. The molecule has 39 heavy (non-hydrogen) atoms. The zero-order valence-electron chi connectivity index (χ0n) is 21.8. The number of rotatable bonds is 10. The van der Waals surface area contributed by atoms with Crippen molar-refractivity contribution in [1.82, 2.24) is 10.7 Å². The lowest BCUT2D eigenvalue weighted by Gasteiger charge is -2.11. The number of aryl methyl sites for hydroxylation is 1. The Balaban J connectivity index is 1.41. The van der Waals surface area contributed by atoms with Crippen LogP contribution in [0.25, 0.3) is 10.8 Å². The molecule has 0 unspecified atom stereocenters. The minimum absolute atomic E-state index is 0.269. The van der Waals surface area contributed by atoms with Gasteiger partial charge >= 0.3 is 5.97 Å². The Morgan fingerprint density at radius 2 is 1.69 bits per heavy atom. The van der Waals surface area contributed by atoms with Crippen LogP contribution < -0.4 is 20.2 Å². The van der Waals surface area contributed by atoms with Crippen molar-refractivity contribution in [1.29, 1.82) is 0 Å². The molecular formula is C31H29N3O5. The molecule has 4 aromatic carbocycles. The Morgan fingerprint density at radius 1 is 0.897 bits per heavy atom. The van der Waals surface area contributed by atoms with Crippen LogP contribution in [0.15, 0.2) is 90.0 Å². The summed E-state index contributed by atoms with van der Waals surface area (Å²) in [4.78, 5) is 37.5. The summed E-state index contributed by atoms with van der Waals surface area (Å²) in [6.45, 7) is 4.24. The Bertz CT molecular complexity index is 1510. The topological polar surface area (TPSA) is 106 Å². The average Bonchev–Trinajstić information content (AvgIpc) is 2.96. The van der Waals surface area contributed by atoms with E-state index < -0.39 is 17.8 Å². The van der Waals surface area contributed by atoms with E-state index in [9.17, 15) is 14.4 Å². The number of ether oxygens (including phenoxy) is 2. The van der Waals surface area contributed by atoms with Gasteiger partial charge in [0.15, 0.2) is 0 Å². The molecule has 198 valence electrons. The van der Waals surface area contributed by atoms with E-state index in [1.54, 1.807) is 48.5 Å². The van der Waals surface area contributed by atoms with Crippen LogP contribution >= 0.6 is 0 Å². The van der Waals surface area contributed by atoms with Gasteiger partial charge in [0.05, 0.1) is 24.9 Å². The van der Waals surface area contributed by atoms with Crippen molar-refractivity contribution in [3.8, 4) is 11.5 Å². The van der Waals surface area contributed by atoms with Crippen molar-refractivity contribution in [2.24, 2.45) is 5.10 Å². The van der Waals surface area contributed by atoms with E-state index in [0.717, 1.165) is 22.8 Å². The van der Waals surface area contributed by atoms with Crippen LogP contribution in [-0.4, -0.2) is 37.1 Å². The highest BCUT2D eigenvalue weighted by molar-refractivity contribution is 6.04. The van der Waals surface area contributed by atoms with Crippen LogP contribution in [-0.2, 0) is 4.79 Å². The fraction of sp³-hybridized carbons (Fsp3) is 0.161. The maximum Gasteiger partial charge on any atom is 0.343 e. The van der Waals surface area contributed by atoms with E-state index in [4.69, 9.17) is 9.47 Å². The molecule has 0 aliphatic rings. The molecule has 2 amide bonds. The van der Waals surface area contributed by atoms with Gasteiger partial charge < -0.3 is 14.8 Å². The van der Waals surface area contributed by atoms with Gasteiger partial charge in [0.2, 0.25) is 0 Å². The highest BCUT2D eigenvalue weighted by Crippen LogP contribution is 2.27. The molecule has 4 rings (SSSR count). The number of hydrogen-bond acceptors (Lipinski definition) is 6. The van der Waals surface area contributed by atoms with Gasteiger partial charge in [-0.05, 0) is 66.6 Å². The molecule has 0 heterocycles. The monoisotopic (exact) mass is 523 g/mol. The molecule has 0 aliphatic carbocycles. The predicted molar refractivity (Wildman–Crippen MR) is 150 cm³/mol. The Hall–Kier alpha value is -4.98. The summed E-state index contributed by atoms with van der Waals surface area (Å²) >= 11 is 0. The highest BCUT2D eigenvalue weighted by Gasteiger charge is 2.14. The quantitative estimate of drug-likeness (QED) is 0.131. The molecule has 0 fully saturated rings. The number of carbonyl (C=O) groups excluding carboxylic acids is 3. The van der Waals surface area contributed by atoms with Crippen molar-refractivity contribution in [3.05, 3.63) is 107 Å². The normalized spacial score (nSPS) is 10.8. The molecule has 0 radical (unpaired) electrons. The zero-order valence-corrected chi connectivity index (χ0v) is 21.8. The van der Waals surface area contributed by atoms with Crippen molar-refractivity contribution >= 4 is 34.8 Å². The smallest absolute Gasteiger partial charge is 0.343 e. The van der Waals surface area contributed by atoms with Crippen LogP contribution in [0, 0.1) is 6.92 Å². The van der Waals surface area contributed by atoms with Gasteiger partial charge in [-0.2, -0.15) is 5.10 Å². The SMILES string of the molecule is CCCOc1ccc(C(=O)NCC(=O)N/N=C/c2c(OC(=O)c3cccc(C)c3)ccc3ccccc23)cc1. The molecule has 0 aliphatic heterocycles. The third-order valence-corrected chi connectivity index (χ3v) is 5.77. The molecule has 0 atom stereocenters. The van der Waals surface area contributed by atoms with Crippen molar-refractivity contribution in [2.75, 3.05) is 13.2 Å². The number of hydrogen-bond donors (Lipinski definition) is 2. The minimum Gasteiger partial charge on any atom is -0.494 e. The third-order valence-electron chi connectivity index (χ3n) is 5.77. The predicted octanol–water partition coefficient (Wildman–Crippen LogP) is 5.04. The Morgan fingerprint density at radius 3 is 2.46 bits per heavy atom. The molecule has 2 N–H and O–H groups in total. The molecule has 0 spiro atoms. The van der Waals surface area contributed by atoms with Crippen molar-refractivity contribution in [2.45, 2.75) is 20.3 Å². The van der Waals surface area contributed by atoms with Gasteiger partial charge in [-0.1, -0.05) is 55.0 Å². The van der Waals surface area contributed by atoms with Crippen LogP contribution in [0.3, 0.4) is 0 Å². The number of amides is 2. The number of carbonyl (C=O) groups is 3. The molecule has 8 heteroatoms. The molecule has 8 nitrogen and oxygen atoms in total. The van der Waals surface area contributed by atoms with Crippen LogP contribution in [0.2, 0.25) is 0 Å². The van der Waals surface area contributed by atoms with Gasteiger partial charge in [0, 0.05) is 11.1 Å². The molecule has 0 saturated heterocycles. The summed E-state index contributed by atoms with van der Waals surface area (Å²) in [5.41, 5.74) is 4.72. The lowest BCUT2D eigenvalue weighted by molar-refractivity contribution is -0.120. The first-order valence-electron chi connectivity index (χ1n) is 12.6. The number of esters is 1. The number of fused-ring (bicyclic) bond motifs is 1. The maximum atomic E-state index is 12.8. The summed E-state index contributed by atoms with van der Waals surface area (Å²) in [6.07, 6.45) is 2.32. The Labute approximate surface area is 226 Å². The summed E-state index contributed by atoms with van der Waals surface area (Å²) in [5, 5.41) is 8.33. The van der Waals surface area contributed by atoms with E-state index in [1.807, 2.05) is 50.2 Å². The zero-order chi connectivity index (χ0) is 27.6. The van der Waals surface area contributed by atoms with Crippen LogP contribution in [0.1, 0.15) is 45.2 Å². The first kappa shape index (κ1) is 27.1. The number of hydrazone groups is 1. The van der Waals surface area contributed by atoms with E-state index in [-0.39, 0.29) is 6.54 Å². The second-order valence-electron chi connectivity index (χ2n) is 8.81.